The molecule has 6 nitrogen and oxygen atoms in total. The van der Waals surface area contributed by atoms with Gasteiger partial charge in [-0.15, -0.1) is 0 Å². The van der Waals surface area contributed by atoms with Crippen LogP contribution in [0.25, 0.3) is 0 Å². The minimum absolute atomic E-state index is 0.412. The molecule has 13 heavy (non-hydrogen) atoms. The summed E-state index contributed by atoms with van der Waals surface area (Å²) in [5.74, 6) is -0.997. The van der Waals surface area contributed by atoms with Crippen molar-refractivity contribution in [3.05, 3.63) is 0 Å². The van der Waals surface area contributed by atoms with Crippen LogP contribution in [0.1, 0.15) is 19.3 Å². The Morgan fingerprint density at radius 3 is 2.46 bits per heavy atom. The highest BCUT2D eigenvalue weighted by Gasteiger charge is 2.09. The first-order valence-electron chi connectivity index (χ1n) is 4.05. The molecule has 0 saturated heterocycles. The molecule has 0 aliphatic rings. The first kappa shape index (κ1) is 11.7. The normalized spacial score (nSPS) is 12.1. The number of hydrogen-bond acceptors (Lipinski definition) is 3. The zero-order chi connectivity index (χ0) is 10.3. The van der Waals surface area contributed by atoms with Gasteiger partial charge in [0.05, 0.1) is 0 Å². The Morgan fingerprint density at radius 1 is 1.38 bits per heavy atom. The van der Waals surface area contributed by atoms with Gasteiger partial charge in [-0.2, -0.15) is 0 Å². The number of carbonyl (C=O) groups is 2. The van der Waals surface area contributed by atoms with Gasteiger partial charge in [-0.1, -0.05) is 0 Å². The molecular weight excluding hydrogens is 174 g/mol. The second-order valence-corrected chi connectivity index (χ2v) is 2.73. The molecule has 6 N–H and O–H groups in total. The molecule has 0 radical (unpaired) electrons. The maximum absolute atomic E-state index is 10.3. The predicted octanol–water partition coefficient (Wildman–Crippen LogP) is -0.763. The van der Waals surface area contributed by atoms with Crippen LogP contribution in [-0.4, -0.2) is 29.7 Å². The van der Waals surface area contributed by atoms with Crippen molar-refractivity contribution in [3.63, 3.8) is 0 Å². The second-order valence-electron chi connectivity index (χ2n) is 2.73. The van der Waals surface area contributed by atoms with Crippen LogP contribution >= 0.6 is 0 Å². The lowest BCUT2D eigenvalue weighted by atomic mass is 10.1. The molecule has 0 saturated carbocycles. The van der Waals surface area contributed by atoms with Crippen molar-refractivity contribution in [2.45, 2.75) is 25.3 Å². The number of carbonyl (C=O) groups excluding carboxylic acids is 1. The lowest BCUT2D eigenvalue weighted by molar-refractivity contribution is -0.138. The monoisotopic (exact) mass is 189 g/mol. The third-order valence-electron chi connectivity index (χ3n) is 1.56. The van der Waals surface area contributed by atoms with Crippen molar-refractivity contribution in [2.75, 3.05) is 6.54 Å². The van der Waals surface area contributed by atoms with E-state index in [1.54, 1.807) is 0 Å². The van der Waals surface area contributed by atoms with Crippen LogP contribution in [-0.2, 0) is 4.79 Å². The maximum atomic E-state index is 10.3. The number of carboxylic acid groups (broad SMARTS) is 1. The topological polar surface area (TPSA) is 118 Å². The van der Waals surface area contributed by atoms with E-state index in [2.05, 4.69) is 5.32 Å². The summed E-state index contributed by atoms with van der Waals surface area (Å²) in [5, 5.41) is 10.8. The van der Waals surface area contributed by atoms with E-state index in [-0.39, 0.29) is 0 Å². The molecular formula is C7H15N3O3. The van der Waals surface area contributed by atoms with Gasteiger partial charge in [0, 0.05) is 6.54 Å². The molecule has 0 heterocycles. The van der Waals surface area contributed by atoms with E-state index in [1.165, 1.54) is 0 Å². The van der Waals surface area contributed by atoms with Gasteiger partial charge in [0.15, 0.2) is 0 Å². The summed E-state index contributed by atoms with van der Waals surface area (Å²) >= 11 is 0. The minimum atomic E-state index is -0.997. The Morgan fingerprint density at radius 2 is 2.00 bits per heavy atom. The molecule has 0 aliphatic carbocycles. The van der Waals surface area contributed by atoms with Gasteiger partial charge in [-0.3, -0.25) is 4.79 Å². The highest BCUT2D eigenvalue weighted by Crippen LogP contribution is 1.97. The third kappa shape index (κ3) is 7.07. The SMILES string of the molecule is NC(=O)NCCCCC(N)C(=O)O. The Labute approximate surface area is 76.3 Å². The fourth-order valence-corrected chi connectivity index (χ4v) is 0.824. The Kier molecular flexibility index (Phi) is 5.62. The average Bonchev–Trinajstić information content (AvgIpc) is 2.02. The molecule has 0 aliphatic heterocycles. The number of aliphatic carboxylic acids is 1. The molecule has 0 aromatic heterocycles. The van der Waals surface area contributed by atoms with E-state index in [1.807, 2.05) is 0 Å². The van der Waals surface area contributed by atoms with Gasteiger partial charge < -0.3 is 21.9 Å². The number of carboxylic acids is 1. The van der Waals surface area contributed by atoms with Crippen molar-refractivity contribution in [2.24, 2.45) is 11.5 Å². The first-order chi connectivity index (χ1) is 6.04. The number of nitrogens with one attached hydrogen (secondary N) is 1. The Bertz CT molecular complexity index is 184. The zero-order valence-electron chi connectivity index (χ0n) is 7.32. The van der Waals surface area contributed by atoms with Gasteiger partial charge in [0.2, 0.25) is 0 Å². The molecule has 6 heteroatoms. The van der Waals surface area contributed by atoms with Gasteiger partial charge in [0.1, 0.15) is 6.04 Å². The van der Waals surface area contributed by atoms with Gasteiger partial charge in [0.25, 0.3) is 0 Å². The Balaban J connectivity index is 3.26. The highest BCUT2D eigenvalue weighted by atomic mass is 16.4. The molecule has 1 atom stereocenters. The largest absolute Gasteiger partial charge is 0.480 e. The summed E-state index contributed by atoms with van der Waals surface area (Å²) in [6.07, 6.45) is 1.76. The predicted molar refractivity (Wildman–Crippen MR) is 47.0 cm³/mol. The van der Waals surface area contributed by atoms with Crippen molar-refractivity contribution in [1.29, 1.82) is 0 Å². The Hall–Kier alpha value is -1.30. The van der Waals surface area contributed by atoms with Crippen LogP contribution in [0.3, 0.4) is 0 Å². The second kappa shape index (κ2) is 6.24. The van der Waals surface area contributed by atoms with Crippen LogP contribution < -0.4 is 16.8 Å². The summed E-state index contributed by atoms with van der Waals surface area (Å²) in [4.78, 5) is 20.5. The van der Waals surface area contributed by atoms with Gasteiger partial charge in [-0.05, 0) is 19.3 Å². The lowest BCUT2D eigenvalue weighted by Crippen LogP contribution is -2.31. The van der Waals surface area contributed by atoms with Gasteiger partial charge in [-0.25, -0.2) is 4.79 Å². The highest BCUT2D eigenvalue weighted by molar-refractivity contribution is 5.73. The molecule has 76 valence electrons. The van der Waals surface area contributed by atoms with Gasteiger partial charge >= 0.3 is 12.0 Å². The minimum Gasteiger partial charge on any atom is -0.480 e. The van der Waals surface area contributed by atoms with E-state index < -0.39 is 18.0 Å². The quantitative estimate of drug-likeness (QED) is 0.410. The summed E-state index contributed by atoms with van der Waals surface area (Å²) < 4.78 is 0. The average molecular weight is 189 g/mol. The molecule has 0 fully saturated rings. The lowest BCUT2D eigenvalue weighted by Gasteiger charge is -2.05. The van der Waals surface area contributed by atoms with Crippen molar-refractivity contribution in [3.8, 4) is 0 Å². The summed E-state index contributed by atoms with van der Waals surface area (Å²) in [7, 11) is 0. The smallest absolute Gasteiger partial charge is 0.320 e. The number of primary amides is 1. The number of urea groups is 1. The van der Waals surface area contributed by atoms with E-state index in [9.17, 15) is 9.59 Å². The van der Waals surface area contributed by atoms with Crippen LogP contribution in [0.2, 0.25) is 0 Å². The van der Waals surface area contributed by atoms with Crippen molar-refractivity contribution >= 4 is 12.0 Å². The van der Waals surface area contributed by atoms with Crippen molar-refractivity contribution < 1.29 is 14.7 Å². The molecule has 0 aromatic rings. The fourth-order valence-electron chi connectivity index (χ4n) is 0.824. The standard InChI is InChI=1S/C7H15N3O3/c8-5(6(11)12)3-1-2-4-10-7(9)13/h5H,1-4,8H2,(H,11,12)(H3,9,10,13). The first-order valence-corrected chi connectivity index (χ1v) is 4.05. The molecule has 0 aromatic carbocycles. The molecule has 1 unspecified atom stereocenters. The van der Waals surface area contributed by atoms with Crippen LogP contribution in [0.15, 0.2) is 0 Å². The summed E-state index contributed by atoms with van der Waals surface area (Å²) in [6, 6.07) is -1.38. The number of rotatable bonds is 6. The zero-order valence-corrected chi connectivity index (χ0v) is 7.32. The number of unbranched alkanes of at least 4 members (excludes halogenated alkanes) is 1. The van der Waals surface area contributed by atoms with Crippen LogP contribution in [0.5, 0.6) is 0 Å². The third-order valence-corrected chi connectivity index (χ3v) is 1.56. The van der Waals surface area contributed by atoms with Crippen molar-refractivity contribution in [1.82, 2.24) is 5.32 Å². The molecule has 0 spiro atoms. The van der Waals surface area contributed by atoms with Crippen LogP contribution in [0.4, 0.5) is 4.79 Å². The number of amides is 2. The molecule has 0 bridgehead atoms. The van der Waals surface area contributed by atoms with E-state index in [0.717, 1.165) is 0 Å². The molecule has 0 rings (SSSR count). The summed E-state index contributed by atoms with van der Waals surface area (Å²) in [6.45, 7) is 0.460. The summed E-state index contributed by atoms with van der Waals surface area (Å²) in [5.41, 5.74) is 10.1. The van der Waals surface area contributed by atoms with E-state index >= 15 is 0 Å². The maximum Gasteiger partial charge on any atom is 0.320 e. The van der Waals surface area contributed by atoms with E-state index in [0.29, 0.717) is 25.8 Å². The molecule has 2 amide bonds. The van der Waals surface area contributed by atoms with E-state index in [4.69, 9.17) is 16.6 Å². The fraction of sp³-hybridized carbons (Fsp3) is 0.714. The number of hydrogen-bond donors (Lipinski definition) is 4. The number of nitrogens with two attached hydrogens (primary N) is 2. The van der Waals surface area contributed by atoms with Crippen LogP contribution in [0, 0.1) is 0 Å².